The molecule has 0 amide bonds. The third kappa shape index (κ3) is 3.33. The molecular weight excluding hydrogens is 256 g/mol. The molecule has 1 aromatic rings. The maximum Gasteiger partial charge on any atom is 0.354 e. The second-order valence-corrected chi connectivity index (χ2v) is 5.76. The Morgan fingerprint density at radius 3 is 2.72 bits per heavy atom. The zero-order valence-electron chi connectivity index (χ0n) is 10.8. The molecule has 0 spiro atoms. The van der Waals surface area contributed by atoms with Gasteiger partial charge in [-0.05, 0) is 19.5 Å². The minimum Gasteiger partial charge on any atom is -0.461 e. The summed E-state index contributed by atoms with van der Waals surface area (Å²) in [6.45, 7) is 2.34. The van der Waals surface area contributed by atoms with Gasteiger partial charge in [-0.3, -0.25) is 0 Å². The van der Waals surface area contributed by atoms with Gasteiger partial charge in [0.25, 0.3) is 0 Å². The number of aryl methyl sites for hydroxylation is 1. The first-order chi connectivity index (χ1) is 8.42. The topological polar surface area (TPSA) is 77.4 Å². The molecule has 0 saturated carbocycles. The zero-order chi connectivity index (χ0) is 13.8. The molecule has 7 heteroatoms. The highest BCUT2D eigenvalue weighted by Crippen LogP contribution is 2.14. The van der Waals surface area contributed by atoms with Crippen molar-refractivity contribution in [3.63, 3.8) is 0 Å². The van der Waals surface area contributed by atoms with E-state index in [1.54, 1.807) is 7.05 Å². The molecule has 1 heterocycles. The summed E-state index contributed by atoms with van der Waals surface area (Å²) >= 11 is 0. The van der Waals surface area contributed by atoms with E-state index < -0.39 is 16.0 Å². The number of unbranched alkanes of at least 4 members (excludes halogenated alkanes) is 1. The van der Waals surface area contributed by atoms with Crippen LogP contribution in [-0.2, 0) is 21.8 Å². The van der Waals surface area contributed by atoms with E-state index in [4.69, 9.17) is 4.74 Å². The fourth-order valence-electron chi connectivity index (χ4n) is 1.39. The van der Waals surface area contributed by atoms with Crippen LogP contribution in [0.5, 0.6) is 0 Å². The molecule has 0 aliphatic heterocycles. The van der Waals surface area contributed by atoms with Crippen molar-refractivity contribution in [1.82, 2.24) is 9.29 Å². The Morgan fingerprint density at radius 2 is 2.17 bits per heavy atom. The third-order valence-corrected chi connectivity index (χ3v) is 3.88. The first-order valence-electron chi connectivity index (χ1n) is 5.69. The van der Waals surface area contributed by atoms with Crippen molar-refractivity contribution >= 4 is 16.0 Å². The van der Waals surface area contributed by atoms with Crippen LogP contribution in [0.1, 0.15) is 30.3 Å². The Morgan fingerprint density at radius 1 is 1.50 bits per heavy atom. The number of sulfonamides is 1. The van der Waals surface area contributed by atoms with E-state index in [9.17, 15) is 13.2 Å². The molecule has 0 atom stereocenters. The molecule has 0 saturated heterocycles. The number of hydrogen-bond acceptors (Lipinski definition) is 4. The molecule has 1 aromatic heterocycles. The summed E-state index contributed by atoms with van der Waals surface area (Å²) in [5.74, 6) is -0.511. The van der Waals surface area contributed by atoms with Gasteiger partial charge in [0.15, 0.2) is 0 Å². The number of carbonyl (C=O) groups is 1. The van der Waals surface area contributed by atoms with Crippen LogP contribution in [0.4, 0.5) is 0 Å². The Balaban J connectivity index is 2.88. The predicted octanol–water partition coefficient (Wildman–Crippen LogP) is 0.890. The van der Waals surface area contributed by atoms with Gasteiger partial charge in [-0.1, -0.05) is 13.3 Å². The molecular formula is C11H18N2O4S. The van der Waals surface area contributed by atoms with E-state index >= 15 is 0 Å². The van der Waals surface area contributed by atoms with E-state index in [0.29, 0.717) is 6.61 Å². The number of nitrogens with zero attached hydrogens (tertiary/aromatic N) is 1. The number of ether oxygens (including phenoxy) is 1. The van der Waals surface area contributed by atoms with Crippen molar-refractivity contribution < 1.29 is 17.9 Å². The van der Waals surface area contributed by atoms with Crippen LogP contribution < -0.4 is 4.72 Å². The van der Waals surface area contributed by atoms with Gasteiger partial charge in [0.05, 0.1) is 6.61 Å². The average Bonchev–Trinajstić information content (AvgIpc) is 2.72. The van der Waals surface area contributed by atoms with Gasteiger partial charge < -0.3 is 9.30 Å². The SMILES string of the molecule is CCCCOC(=O)c1cc(S(=O)(=O)NC)cn1C. The standard InChI is InChI=1S/C11H18N2O4S/c1-4-5-6-17-11(14)10-7-9(8-13(10)3)18(15,16)12-2/h7-8,12H,4-6H2,1-3H3. The molecule has 0 aromatic carbocycles. The molecule has 0 bridgehead atoms. The highest BCUT2D eigenvalue weighted by molar-refractivity contribution is 7.89. The Hall–Kier alpha value is -1.34. The molecule has 0 fully saturated rings. The van der Waals surface area contributed by atoms with E-state index in [1.165, 1.54) is 23.9 Å². The zero-order valence-corrected chi connectivity index (χ0v) is 11.6. The average molecular weight is 274 g/mol. The summed E-state index contributed by atoms with van der Waals surface area (Å²) in [4.78, 5) is 11.8. The predicted molar refractivity (Wildman–Crippen MR) is 66.8 cm³/mol. The molecule has 18 heavy (non-hydrogen) atoms. The lowest BCUT2D eigenvalue weighted by Gasteiger charge is -2.03. The lowest BCUT2D eigenvalue weighted by atomic mass is 10.3. The van der Waals surface area contributed by atoms with Crippen molar-refractivity contribution in [2.45, 2.75) is 24.7 Å². The van der Waals surface area contributed by atoms with Crippen LogP contribution in [-0.4, -0.2) is 32.6 Å². The van der Waals surface area contributed by atoms with Crippen LogP contribution in [0.15, 0.2) is 17.2 Å². The van der Waals surface area contributed by atoms with E-state index in [1.807, 2.05) is 6.92 Å². The number of rotatable bonds is 6. The summed E-state index contributed by atoms with van der Waals surface area (Å²) in [6.07, 6.45) is 3.10. The van der Waals surface area contributed by atoms with Crippen LogP contribution in [0.2, 0.25) is 0 Å². The summed E-state index contributed by atoms with van der Waals surface area (Å²) in [5.41, 5.74) is 0.222. The highest BCUT2D eigenvalue weighted by atomic mass is 32.2. The van der Waals surface area contributed by atoms with Crippen molar-refractivity contribution in [1.29, 1.82) is 0 Å². The number of carbonyl (C=O) groups excluding carboxylic acids is 1. The fraction of sp³-hybridized carbons (Fsp3) is 0.545. The molecule has 0 aliphatic rings. The maximum absolute atomic E-state index is 11.7. The van der Waals surface area contributed by atoms with Crippen LogP contribution in [0.3, 0.4) is 0 Å². The summed E-state index contributed by atoms with van der Waals surface area (Å²) < 4.78 is 31.8. The maximum atomic E-state index is 11.7. The number of hydrogen-bond donors (Lipinski definition) is 1. The van der Waals surface area contributed by atoms with E-state index in [-0.39, 0.29) is 10.6 Å². The number of aromatic nitrogens is 1. The van der Waals surface area contributed by atoms with E-state index in [2.05, 4.69) is 4.72 Å². The van der Waals surface area contributed by atoms with Crippen molar-refractivity contribution in [3.05, 3.63) is 18.0 Å². The number of esters is 1. The second-order valence-electron chi connectivity index (χ2n) is 3.87. The molecule has 0 aliphatic carbocycles. The minimum absolute atomic E-state index is 0.0509. The van der Waals surface area contributed by atoms with Crippen LogP contribution in [0, 0.1) is 0 Å². The summed E-state index contributed by atoms with van der Waals surface area (Å²) in [6, 6.07) is 1.31. The van der Waals surface area contributed by atoms with Gasteiger partial charge in [-0.25, -0.2) is 17.9 Å². The van der Waals surface area contributed by atoms with Gasteiger partial charge >= 0.3 is 5.97 Å². The smallest absolute Gasteiger partial charge is 0.354 e. The van der Waals surface area contributed by atoms with Gasteiger partial charge in [-0.15, -0.1) is 0 Å². The van der Waals surface area contributed by atoms with Crippen molar-refractivity contribution in [2.24, 2.45) is 7.05 Å². The summed E-state index contributed by atoms with van der Waals surface area (Å²) in [7, 11) is -0.614. The van der Waals surface area contributed by atoms with Gasteiger partial charge in [0, 0.05) is 13.2 Å². The monoisotopic (exact) mass is 274 g/mol. The van der Waals surface area contributed by atoms with Gasteiger partial charge in [0.1, 0.15) is 10.6 Å². The normalized spacial score (nSPS) is 11.5. The van der Waals surface area contributed by atoms with Gasteiger partial charge in [-0.2, -0.15) is 0 Å². The largest absolute Gasteiger partial charge is 0.461 e. The summed E-state index contributed by atoms with van der Waals surface area (Å²) in [5, 5.41) is 0. The van der Waals surface area contributed by atoms with Crippen molar-refractivity contribution in [2.75, 3.05) is 13.7 Å². The lowest BCUT2D eigenvalue weighted by Crippen LogP contribution is -2.17. The van der Waals surface area contributed by atoms with Crippen molar-refractivity contribution in [3.8, 4) is 0 Å². The lowest BCUT2D eigenvalue weighted by molar-refractivity contribution is 0.0488. The fourth-order valence-corrected chi connectivity index (χ4v) is 2.18. The molecule has 0 unspecified atom stereocenters. The van der Waals surface area contributed by atoms with E-state index in [0.717, 1.165) is 12.8 Å². The highest BCUT2D eigenvalue weighted by Gasteiger charge is 2.19. The Bertz CT molecular complexity index is 519. The quantitative estimate of drug-likeness (QED) is 0.617. The van der Waals surface area contributed by atoms with Crippen LogP contribution >= 0.6 is 0 Å². The molecule has 0 radical (unpaired) electrons. The third-order valence-electron chi connectivity index (χ3n) is 2.50. The second kappa shape index (κ2) is 6.01. The Kier molecular flexibility index (Phi) is 4.92. The molecule has 1 N–H and O–H groups in total. The first-order valence-corrected chi connectivity index (χ1v) is 7.17. The van der Waals surface area contributed by atoms with Crippen LogP contribution in [0.25, 0.3) is 0 Å². The number of nitrogens with one attached hydrogen (secondary N) is 1. The minimum atomic E-state index is -3.54. The Labute approximate surface area is 107 Å². The molecule has 102 valence electrons. The first kappa shape index (κ1) is 14.7. The molecule has 6 nitrogen and oxygen atoms in total. The van der Waals surface area contributed by atoms with Gasteiger partial charge in [0.2, 0.25) is 10.0 Å². The molecule has 1 rings (SSSR count).